The van der Waals surface area contributed by atoms with E-state index in [1.807, 2.05) is 54.6 Å². The highest BCUT2D eigenvalue weighted by Gasteiger charge is 2.45. The molecule has 0 N–H and O–H groups in total. The highest BCUT2D eigenvalue weighted by Crippen LogP contribution is 2.42. The second-order valence-corrected chi connectivity index (χ2v) is 6.40. The van der Waals surface area contributed by atoms with Gasteiger partial charge in [-0.2, -0.15) is 0 Å². The number of hydrogen-bond donors (Lipinski definition) is 0. The highest BCUT2D eigenvalue weighted by atomic mass is 16.6. The first-order valence-electron chi connectivity index (χ1n) is 8.39. The van der Waals surface area contributed by atoms with Gasteiger partial charge in [-0.25, -0.2) is 4.79 Å². The van der Waals surface area contributed by atoms with E-state index in [0.717, 1.165) is 24.8 Å². The lowest BCUT2D eigenvalue weighted by Gasteiger charge is -2.37. The van der Waals surface area contributed by atoms with Crippen LogP contribution in [-0.4, -0.2) is 17.9 Å². The van der Waals surface area contributed by atoms with Gasteiger partial charge in [-0.05, 0) is 30.5 Å². The summed E-state index contributed by atoms with van der Waals surface area (Å²) in [6.07, 6.45) is 2.30. The first-order valence-corrected chi connectivity index (χ1v) is 8.39. The van der Waals surface area contributed by atoms with Crippen molar-refractivity contribution < 1.29 is 14.3 Å². The summed E-state index contributed by atoms with van der Waals surface area (Å²) in [7, 11) is 0. The Morgan fingerprint density at radius 3 is 2.62 bits per heavy atom. The maximum atomic E-state index is 12.8. The maximum absolute atomic E-state index is 12.8. The largest absolute Gasteiger partial charge is 0.444 e. The number of para-hydroxylation sites is 1. The zero-order valence-electron chi connectivity index (χ0n) is 13.4. The molecule has 1 fully saturated rings. The molecule has 0 bridgehead atoms. The van der Waals surface area contributed by atoms with Gasteiger partial charge in [0, 0.05) is 11.5 Å². The van der Waals surface area contributed by atoms with Crippen molar-refractivity contribution in [2.24, 2.45) is 5.92 Å². The van der Waals surface area contributed by atoms with Crippen molar-refractivity contribution >= 4 is 17.6 Å². The average Bonchev–Trinajstić information content (AvgIpc) is 3.11. The summed E-state index contributed by atoms with van der Waals surface area (Å²) in [6, 6.07) is 16.9. The van der Waals surface area contributed by atoms with Crippen LogP contribution in [0.25, 0.3) is 0 Å². The predicted octanol–water partition coefficient (Wildman–Crippen LogP) is 4.19. The van der Waals surface area contributed by atoms with Gasteiger partial charge in [-0.1, -0.05) is 48.9 Å². The molecule has 4 rings (SSSR count). The standard InChI is InChI=1S/C20H19NO3/c22-19-15-9-4-5-11-17(15)21(18-12-6-10-16(18)19)20(23)24-13-14-7-2-1-3-8-14/h1-5,7-9,11,16,18H,6,10,12-13H2/t16-,18+/m0/s1. The summed E-state index contributed by atoms with van der Waals surface area (Å²) in [5.74, 6) is 0.0735. The predicted molar refractivity (Wildman–Crippen MR) is 91.0 cm³/mol. The van der Waals surface area contributed by atoms with Gasteiger partial charge in [0.25, 0.3) is 0 Å². The van der Waals surface area contributed by atoms with Gasteiger partial charge in [-0.15, -0.1) is 0 Å². The van der Waals surface area contributed by atoms with Gasteiger partial charge < -0.3 is 4.74 Å². The molecule has 1 aliphatic carbocycles. The van der Waals surface area contributed by atoms with E-state index in [-0.39, 0.29) is 30.4 Å². The first-order chi connectivity index (χ1) is 11.8. The summed E-state index contributed by atoms with van der Waals surface area (Å²) in [5.41, 5.74) is 2.27. The van der Waals surface area contributed by atoms with Gasteiger partial charge in [0.1, 0.15) is 6.61 Å². The van der Waals surface area contributed by atoms with Crippen molar-refractivity contribution in [1.29, 1.82) is 0 Å². The fourth-order valence-corrected chi connectivity index (χ4v) is 3.85. The number of carbonyl (C=O) groups is 2. The number of benzene rings is 2. The lowest BCUT2D eigenvalue weighted by molar-refractivity contribution is 0.0895. The normalized spacial score (nSPS) is 22.0. The van der Waals surface area contributed by atoms with Crippen LogP contribution in [0, 0.1) is 5.92 Å². The lowest BCUT2D eigenvalue weighted by atomic mass is 9.86. The van der Waals surface area contributed by atoms with Crippen molar-refractivity contribution in [3.8, 4) is 0 Å². The number of anilines is 1. The van der Waals surface area contributed by atoms with Crippen LogP contribution in [0.2, 0.25) is 0 Å². The molecule has 1 amide bonds. The SMILES string of the molecule is O=C1c2ccccc2N(C(=O)OCc2ccccc2)[C@@H]2CCC[C@H]12. The van der Waals surface area contributed by atoms with E-state index in [2.05, 4.69) is 0 Å². The Kier molecular flexibility index (Phi) is 3.81. The topological polar surface area (TPSA) is 46.6 Å². The molecule has 24 heavy (non-hydrogen) atoms. The minimum absolute atomic E-state index is 0.0735. The smallest absolute Gasteiger partial charge is 0.414 e. The molecule has 0 aromatic heterocycles. The van der Waals surface area contributed by atoms with Crippen molar-refractivity contribution in [3.05, 3.63) is 65.7 Å². The van der Waals surface area contributed by atoms with E-state index < -0.39 is 0 Å². The summed E-state index contributed by atoms with van der Waals surface area (Å²) in [5, 5.41) is 0. The second-order valence-electron chi connectivity index (χ2n) is 6.40. The van der Waals surface area contributed by atoms with Crippen molar-refractivity contribution in [2.45, 2.75) is 31.9 Å². The molecule has 2 aliphatic rings. The Bertz CT molecular complexity index is 771. The maximum Gasteiger partial charge on any atom is 0.414 e. The molecule has 1 heterocycles. The molecule has 0 saturated heterocycles. The molecule has 4 nitrogen and oxygen atoms in total. The number of carbonyl (C=O) groups excluding carboxylic acids is 2. The van der Waals surface area contributed by atoms with Crippen molar-refractivity contribution in [1.82, 2.24) is 0 Å². The lowest BCUT2D eigenvalue weighted by Crippen LogP contribution is -2.49. The molecule has 122 valence electrons. The minimum atomic E-state index is -0.365. The van der Waals surface area contributed by atoms with Crippen molar-refractivity contribution in [3.63, 3.8) is 0 Å². The van der Waals surface area contributed by atoms with Crippen LogP contribution < -0.4 is 4.90 Å². The molecule has 4 heteroatoms. The van der Waals surface area contributed by atoms with Gasteiger partial charge >= 0.3 is 6.09 Å². The van der Waals surface area contributed by atoms with Crippen LogP contribution in [-0.2, 0) is 11.3 Å². The van der Waals surface area contributed by atoms with Crippen molar-refractivity contribution in [2.75, 3.05) is 4.90 Å². The fourth-order valence-electron chi connectivity index (χ4n) is 3.85. The number of ether oxygens (including phenoxy) is 1. The van der Waals surface area contributed by atoms with Crippen LogP contribution in [0.5, 0.6) is 0 Å². The number of amides is 1. The second kappa shape index (κ2) is 6.11. The number of Topliss-reactive ketones (excluding diaryl/α,β-unsaturated/α-hetero) is 1. The summed E-state index contributed by atoms with van der Waals surface area (Å²) in [4.78, 5) is 27.1. The first kappa shape index (κ1) is 14.9. The van der Waals surface area contributed by atoms with Crippen LogP contribution in [0.15, 0.2) is 54.6 Å². The molecule has 2 atom stereocenters. The van der Waals surface area contributed by atoms with E-state index in [4.69, 9.17) is 4.74 Å². The Hall–Kier alpha value is -2.62. The molecular formula is C20H19NO3. The summed E-state index contributed by atoms with van der Waals surface area (Å²) >= 11 is 0. The molecular weight excluding hydrogens is 302 g/mol. The Morgan fingerprint density at radius 1 is 1.04 bits per heavy atom. The monoisotopic (exact) mass is 321 g/mol. The number of rotatable bonds is 2. The Labute approximate surface area is 141 Å². The molecule has 0 radical (unpaired) electrons. The third kappa shape index (κ3) is 2.48. The average molecular weight is 321 g/mol. The number of fused-ring (bicyclic) bond motifs is 2. The third-order valence-corrected chi connectivity index (χ3v) is 4.98. The van der Waals surface area contributed by atoms with E-state index >= 15 is 0 Å². The van der Waals surface area contributed by atoms with E-state index in [1.165, 1.54) is 0 Å². The molecule has 1 aliphatic heterocycles. The molecule has 0 unspecified atom stereocenters. The molecule has 0 spiro atoms. The fraction of sp³-hybridized carbons (Fsp3) is 0.300. The van der Waals surface area contributed by atoms with E-state index in [1.54, 1.807) is 4.90 Å². The highest BCUT2D eigenvalue weighted by molar-refractivity contribution is 6.09. The van der Waals surface area contributed by atoms with Gasteiger partial charge in [0.05, 0.1) is 11.7 Å². The summed E-state index contributed by atoms with van der Waals surface area (Å²) in [6.45, 7) is 0.240. The summed E-state index contributed by atoms with van der Waals surface area (Å²) < 4.78 is 5.54. The van der Waals surface area contributed by atoms with Crippen LogP contribution in [0.4, 0.5) is 10.5 Å². The molecule has 2 aromatic carbocycles. The van der Waals surface area contributed by atoms with E-state index in [9.17, 15) is 9.59 Å². The minimum Gasteiger partial charge on any atom is -0.444 e. The number of nitrogens with zero attached hydrogens (tertiary/aromatic N) is 1. The van der Waals surface area contributed by atoms with Crippen LogP contribution in [0.3, 0.4) is 0 Å². The Balaban J connectivity index is 1.61. The third-order valence-electron chi connectivity index (χ3n) is 4.98. The van der Waals surface area contributed by atoms with Crippen LogP contribution >= 0.6 is 0 Å². The number of hydrogen-bond acceptors (Lipinski definition) is 3. The van der Waals surface area contributed by atoms with Gasteiger partial charge in [-0.3, -0.25) is 9.69 Å². The Morgan fingerprint density at radius 2 is 1.79 bits per heavy atom. The molecule has 1 saturated carbocycles. The zero-order valence-corrected chi connectivity index (χ0v) is 13.4. The van der Waals surface area contributed by atoms with E-state index in [0.29, 0.717) is 11.3 Å². The quantitative estimate of drug-likeness (QED) is 0.833. The number of ketones is 1. The zero-order chi connectivity index (χ0) is 16.5. The van der Waals surface area contributed by atoms with Crippen LogP contribution in [0.1, 0.15) is 35.2 Å². The van der Waals surface area contributed by atoms with Gasteiger partial charge in [0.15, 0.2) is 5.78 Å². The van der Waals surface area contributed by atoms with Gasteiger partial charge in [0.2, 0.25) is 0 Å². The molecule has 2 aromatic rings.